The van der Waals surface area contributed by atoms with E-state index < -0.39 is 12.0 Å². The van der Waals surface area contributed by atoms with Gasteiger partial charge in [0.1, 0.15) is 0 Å². The average molecular weight is 249 g/mol. The van der Waals surface area contributed by atoms with E-state index in [4.69, 9.17) is 10.8 Å². The van der Waals surface area contributed by atoms with Gasteiger partial charge in [-0.2, -0.15) is 0 Å². The summed E-state index contributed by atoms with van der Waals surface area (Å²) in [5.41, 5.74) is 7.29. The SMILES string of the molecule is Cc1ccsc1-c1ccnc(C(N)C(=O)O)n1. The number of rotatable bonds is 3. The third-order valence-electron chi connectivity index (χ3n) is 2.31. The molecule has 0 radical (unpaired) electrons. The molecule has 2 aromatic rings. The number of aryl methyl sites for hydroxylation is 1. The third kappa shape index (κ3) is 2.32. The van der Waals surface area contributed by atoms with Gasteiger partial charge in [0.05, 0.1) is 10.6 Å². The van der Waals surface area contributed by atoms with Crippen molar-refractivity contribution >= 4 is 17.3 Å². The molecular weight excluding hydrogens is 238 g/mol. The van der Waals surface area contributed by atoms with Crippen molar-refractivity contribution in [3.05, 3.63) is 35.1 Å². The number of carboxylic acid groups (broad SMARTS) is 1. The Labute approximate surface area is 102 Å². The molecule has 0 saturated carbocycles. The van der Waals surface area contributed by atoms with Crippen LogP contribution in [0.2, 0.25) is 0 Å². The van der Waals surface area contributed by atoms with Gasteiger partial charge in [0.15, 0.2) is 11.9 Å². The minimum Gasteiger partial charge on any atom is -0.480 e. The highest BCUT2D eigenvalue weighted by Gasteiger charge is 2.18. The predicted octanol–water partition coefficient (Wildman–Crippen LogP) is 1.60. The van der Waals surface area contributed by atoms with E-state index in [0.29, 0.717) is 5.69 Å². The fourth-order valence-electron chi connectivity index (χ4n) is 1.40. The number of hydrogen-bond acceptors (Lipinski definition) is 5. The first kappa shape index (κ1) is 11.7. The average Bonchev–Trinajstić information content (AvgIpc) is 2.74. The molecule has 2 aromatic heterocycles. The van der Waals surface area contributed by atoms with Gasteiger partial charge in [0.25, 0.3) is 0 Å². The Morgan fingerprint density at radius 1 is 1.53 bits per heavy atom. The topological polar surface area (TPSA) is 89.1 Å². The lowest BCUT2D eigenvalue weighted by Crippen LogP contribution is -2.23. The Morgan fingerprint density at radius 2 is 2.29 bits per heavy atom. The van der Waals surface area contributed by atoms with E-state index in [1.807, 2.05) is 18.4 Å². The molecule has 6 heteroatoms. The molecule has 0 aliphatic rings. The molecule has 0 aromatic carbocycles. The Morgan fingerprint density at radius 3 is 2.88 bits per heavy atom. The molecule has 0 aliphatic carbocycles. The van der Waals surface area contributed by atoms with Crippen LogP contribution in [0.3, 0.4) is 0 Å². The van der Waals surface area contributed by atoms with Crippen LogP contribution in [0.1, 0.15) is 17.4 Å². The number of thiophene rings is 1. The van der Waals surface area contributed by atoms with Crippen molar-refractivity contribution < 1.29 is 9.90 Å². The second-order valence-electron chi connectivity index (χ2n) is 3.55. The van der Waals surface area contributed by atoms with Crippen LogP contribution in [0, 0.1) is 6.92 Å². The van der Waals surface area contributed by atoms with Crippen molar-refractivity contribution in [2.75, 3.05) is 0 Å². The van der Waals surface area contributed by atoms with Gasteiger partial charge in [-0.1, -0.05) is 0 Å². The van der Waals surface area contributed by atoms with Gasteiger partial charge in [-0.25, -0.2) is 9.97 Å². The highest BCUT2D eigenvalue weighted by Crippen LogP contribution is 2.27. The molecule has 0 fully saturated rings. The fourth-order valence-corrected chi connectivity index (χ4v) is 2.29. The van der Waals surface area contributed by atoms with Crippen LogP contribution in [0.25, 0.3) is 10.6 Å². The number of carbonyl (C=O) groups is 1. The van der Waals surface area contributed by atoms with Crippen molar-refractivity contribution in [3.63, 3.8) is 0 Å². The van der Waals surface area contributed by atoms with E-state index in [9.17, 15) is 4.79 Å². The van der Waals surface area contributed by atoms with Gasteiger partial charge in [0.2, 0.25) is 0 Å². The van der Waals surface area contributed by atoms with E-state index in [1.54, 1.807) is 17.4 Å². The lowest BCUT2D eigenvalue weighted by Gasteiger charge is -2.06. The fraction of sp³-hybridized carbons (Fsp3) is 0.182. The molecule has 17 heavy (non-hydrogen) atoms. The Kier molecular flexibility index (Phi) is 3.16. The zero-order chi connectivity index (χ0) is 12.4. The zero-order valence-electron chi connectivity index (χ0n) is 9.12. The normalized spacial score (nSPS) is 12.4. The Hall–Kier alpha value is -1.79. The molecule has 2 heterocycles. The quantitative estimate of drug-likeness (QED) is 0.862. The lowest BCUT2D eigenvalue weighted by molar-refractivity contribution is -0.138. The molecule has 88 valence electrons. The van der Waals surface area contributed by atoms with Crippen LogP contribution in [-0.4, -0.2) is 21.0 Å². The molecule has 0 spiro atoms. The summed E-state index contributed by atoms with van der Waals surface area (Å²) < 4.78 is 0. The largest absolute Gasteiger partial charge is 0.480 e. The van der Waals surface area contributed by atoms with Crippen molar-refractivity contribution in [1.82, 2.24) is 9.97 Å². The molecule has 0 amide bonds. The summed E-state index contributed by atoms with van der Waals surface area (Å²) in [5, 5.41) is 10.8. The van der Waals surface area contributed by atoms with E-state index in [0.717, 1.165) is 10.4 Å². The van der Waals surface area contributed by atoms with Crippen LogP contribution in [0.15, 0.2) is 23.7 Å². The van der Waals surface area contributed by atoms with Gasteiger partial charge in [0, 0.05) is 6.20 Å². The van der Waals surface area contributed by atoms with Gasteiger partial charge in [-0.15, -0.1) is 11.3 Å². The maximum absolute atomic E-state index is 10.8. The number of carboxylic acids is 1. The van der Waals surface area contributed by atoms with Crippen LogP contribution in [0.4, 0.5) is 0 Å². The van der Waals surface area contributed by atoms with Crippen LogP contribution in [-0.2, 0) is 4.79 Å². The summed E-state index contributed by atoms with van der Waals surface area (Å²) in [6.45, 7) is 1.98. The van der Waals surface area contributed by atoms with Crippen LogP contribution in [0.5, 0.6) is 0 Å². The number of aromatic nitrogens is 2. The second kappa shape index (κ2) is 4.60. The molecule has 2 rings (SSSR count). The van der Waals surface area contributed by atoms with Crippen molar-refractivity contribution in [1.29, 1.82) is 0 Å². The van der Waals surface area contributed by atoms with E-state index in [-0.39, 0.29) is 5.82 Å². The minimum absolute atomic E-state index is 0.128. The molecule has 1 unspecified atom stereocenters. The number of hydrogen-bond donors (Lipinski definition) is 2. The summed E-state index contributed by atoms with van der Waals surface area (Å²) in [6, 6.07) is 2.55. The second-order valence-corrected chi connectivity index (χ2v) is 4.46. The number of aliphatic carboxylic acids is 1. The van der Waals surface area contributed by atoms with Crippen molar-refractivity contribution in [2.45, 2.75) is 13.0 Å². The first-order valence-corrected chi connectivity index (χ1v) is 5.83. The number of nitrogens with zero attached hydrogens (tertiary/aromatic N) is 2. The molecule has 1 atom stereocenters. The summed E-state index contributed by atoms with van der Waals surface area (Å²) in [6.07, 6.45) is 1.53. The molecule has 3 N–H and O–H groups in total. The zero-order valence-corrected chi connectivity index (χ0v) is 9.94. The van der Waals surface area contributed by atoms with E-state index in [2.05, 4.69) is 9.97 Å². The summed E-state index contributed by atoms with van der Waals surface area (Å²) in [5.74, 6) is -1.01. The van der Waals surface area contributed by atoms with Crippen molar-refractivity contribution in [3.8, 4) is 10.6 Å². The molecule has 0 aliphatic heterocycles. The highest BCUT2D eigenvalue weighted by molar-refractivity contribution is 7.13. The van der Waals surface area contributed by atoms with Crippen LogP contribution >= 0.6 is 11.3 Å². The Bertz CT molecular complexity index is 553. The summed E-state index contributed by atoms with van der Waals surface area (Å²) >= 11 is 1.55. The highest BCUT2D eigenvalue weighted by atomic mass is 32.1. The van der Waals surface area contributed by atoms with E-state index in [1.165, 1.54) is 6.20 Å². The smallest absolute Gasteiger partial charge is 0.328 e. The van der Waals surface area contributed by atoms with Crippen LogP contribution < -0.4 is 5.73 Å². The standard InChI is InChI=1S/C11H11N3O2S/c1-6-3-5-17-9(6)7-2-4-13-10(14-7)8(12)11(15)16/h2-5,8H,12H2,1H3,(H,15,16). The molecular formula is C11H11N3O2S. The maximum Gasteiger partial charge on any atom is 0.328 e. The first-order chi connectivity index (χ1) is 8.09. The van der Waals surface area contributed by atoms with Gasteiger partial charge >= 0.3 is 5.97 Å². The van der Waals surface area contributed by atoms with Gasteiger partial charge in [-0.3, -0.25) is 4.79 Å². The van der Waals surface area contributed by atoms with E-state index >= 15 is 0 Å². The molecule has 5 nitrogen and oxygen atoms in total. The molecule has 0 saturated heterocycles. The predicted molar refractivity (Wildman–Crippen MR) is 64.6 cm³/mol. The number of nitrogens with two attached hydrogens (primary N) is 1. The monoisotopic (exact) mass is 249 g/mol. The van der Waals surface area contributed by atoms with Crippen molar-refractivity contribution in [2.24, 2.45) is 5.73 Å². The minimum atomic E-state index is -1.18. The van der Waals surface area contributed by atoms with Gasteiger partial charge < -0.3 is 10.8 Å². The van der Waals surface area contributed by atoms with Gasteiger partial charge in [-0.05, 0) is 30.0 Å². The Balaban J connectivity index is 2.42. The molecule has 0 bridgehead atoms. The third-order valence-corrected chi connectivity index (χ3v) is 3.35. The maximum atomic E-state index is 10.8. The summed E-state index contributed by atoms with van der Waals surface area (Å²) in [7, 11) is 0. The summed E-state index contributed by atoms with van der Waals surface area (Å²) in [4.78, 5) is 19.8. The lowest BCUT2D eigenvalue weighted by atomic mass is 10.2. The first-order valence-electron chi connectivity index (χ1n) is 4.95.